The minimum absolute atomic E-state index is 0.0466. The summed E-state index contributed by atoms with van der Waals surface area (Å²) in [4.78, 5) is 17.5. The lowest BCUT2D eigenvalue weighted by Gasteiger charge is -2.38. The maximum atomic E-state index is 15.0. The van der Waals surface area contributed by atoms with Crippen LogP contribution < -0.4 is 15.8 Å². The predicted molar refractivity (Wildman–Crippen MR) is 132 cm³/mol. The van der Waals surface area contributed by atoms with Crippen molar-refractivity contribution in [2.75, 3.05) is 17.7 Å². The highest BCUT2D eigenvalue weighted by Crippen LogP contribution is 2.39. The van der Waals surface area contributed by atoms with Gasteiger partial charge in [-0.3, -0.25) is 4.99 Å². The SMILES string of the molecule is CC1(c2cc(Nc3ncnc4cc(OCC5CC5)cnc34)ccc2F)CS(=O)(=O)C(C)(C)C(N)=N1. The van der Waals surface area contributed by atoms with Crippen molar-refractivity contribution in [3.05, 3.63) is 48.2 Å². The van der Waals surface area contributed by atoms with Gasteiger partial charge in [-0.1, -0.05) is 0 Å². The highest BCUT2D eigenvalue weighted by atomic mass is 32.2. The summed E-state index contributed by atoms with van der Waals surface area (Å²) in [5, 5.41) is 3.15. The molecule has 1 saturated carbocycles. The van der Waals surface area contributed by atoms with Gasteiger partial charge >= 0.3 is 0 Å². The van der Waals surface area contributed by atoms with Crippen LogP contribution in [0.4, 0.5) is 15.9 Å². The number of nitrogens with two attached hydrogens (primary N) is 1. The van der Waals surface area contributed by atoms with Gasteiger partial charge in [0.25, 0.3) is 0 Å². The zero-order chi connectivity index (χ0) is 25.0. The number of halogens is 1. The number of hydrogen-bond acceptors (Lipinski definition) is 9. The number of anilines is 2. The van der Waals surface area contributed by atoms with Crippen molar-refractivity contribution in [1.82, 2.24) is 15.0 Å². The Morgan fingerprint density at radius 3 is 2.66 bits per heavy atom. The van der Waals surface area contributed by atoms with E-state index in [0.29, 0.717) is 40.8 Å². The number of ether oxygens (including phenoxy) is 1. The molecule has 1 fully saturated rings. The van der Waals surface area contributed by atoms with Crippen LogP contribution in [0.2, 0.25) is 0 Å². The zero-order valence-corrected chi connectivity index (χ0v) is 20.6. The molecule has 1 aliphatic heterocycles. The van der Waals surface area contributed by atoms with E-state index in [2.05, 4.69) is 25.3 Å². The lowest BCUT2D eigenvalue weighted by atomic mass is 9.92. The second-order valence-corrected chi connectivity index (χ2v) is 12.4. The third-order valence-corrected chi connectivity index (χ3v) is 9.38. The Morgan fingerprint density at radius 2 is 1.94 bits per heavy atom. The minimum atomic E-state index is -3.68. The molecule has 0 radical (unpaired) electrons. The number of nitrogens with one attached hydrogen (secondary N) is 1. The Hall–Kier alpha value is -3.34. The molecule has 3 N–H and O–H groups in total. The molecule has 0 spiro atoms. The van der Waals surface area contributed by atoms with Crippen molar-refractivity contribution < 1.29 is 17.5 Å². The molecule has 5 rings (SSSR count). The molecule has 3 aromatic rings. The first-order chi connectivity index (χ1) is 16.5. The van der Waals surface area contributed by atoms with Crippen molar-refractivity contribution in [3.63, 3.8) is 0 Å². The van der Waals surface area contributed by atoms with Crippen molar-refractivity contribution in [1.29, 1.82) is 0 Å². The van der Waals surface area contributed by atoms with Gasteiger partial charge in [0.05, 0.1) is 24.1 Å². The van der Waals surface area contributed by atoms with Crippen LogP contribution >= 0.6 is 0 Å². The third-order valence-electron chi connectivity index (χ3n) is 6.68. The number of sulfone groups is 1. The Bertz CT molecular complexity index is 1450. The van der Waals surface area contributed by atoms with Gasteiger partial charge in [0.2, 0.25) is 0 Å². The predicted octanol–water partition coefficient (Wildman–Crippen LogP) is 3.48. The Morgan fingerprint density at radius 1 is 1.17 bits per heavy atom. The fourth-order valence-corrected chi connectivity index (χ4v) is 5.71. The standard InChI is InChI=1S/C24H27FN6O3S/c1-23(2)22(26)31-24(3,12-35(23,32)33)17-8-15(6-7-18(17)25)30-21-20-19(28-13-29-21)9-16(10-27-20)34-11-14-4-5-14/h6-10,13-14H,4-5,11-12H2,1-3H3,(H2,26,31)(H,28,29,30). The van der Waals surface area contributed by atoms with E-state index in [9.17, 15) is 12.8 Å². The van der Waals surface area contributed by atoms with Gasteiger partial charge < -0.3 is 15.8 Å². The molecule has 1 aliphatic carbocycles. The Balaban J connectivity index is 1.47. The first-order valence-corrected chi connectivity index (χ1v) is 13.0. The first-order valence-electron chi connectivity index (χ1n) is 11.4. The van der Waals surface area contributed by atoms with Crippen LogP contribution in [-0.2, 0) is 15.4 Å². The number of fused-ring (bicyclic) bond motifs is 1. The minimum Gasteiger partial charge on any atom is -0.492 e. The molecule has 1 atom stereocenters. The summed E-state index contributed by atoms with van der Waals surface area (Å²) in [6, 6.07) is 6.14. The fraction of sp³-hybridized carbons (Fsp3) is 0.417. The molecule has 2 aromatic heterocycles. The monoisotopic (exact) mass is 498 g/mol. The molecular formula is C24H27FN6O3S. The van der Waals surface area contributed by atoms with E-state index in [1.165, 1.54) is 51.2 Å². The molecule has 0 bridgehead atoms. The van der Waals surface area contributed by atoms with E-state index in [-0.39, 0.29) is 17.2 Å². The molecule has 0 saturated heterocycles. The van der Waals surface area contributed by atoms with Gasteiger partial charge in [0.15, 0.2) is 15.7 Å². The summed E-state index contributed by atoms with van der Waals surface area (Å²) in [5.74, 6) is 0.695. The zero-order valence-electron chi connectivity index (χ0n) is 19.7. The highest BCUT2D eigenvalue weighted by molar-refractivity contribution is 7.93. The Kier molecular flexibility index (Phi) is 5.42. The first kappa shape index (κ1) is 23.4. The molecule has 3 heterocycles. The molecule has 2 aliphatic rings. The number of amidine groups is 1. The largest absolute Gasteiger partial charge is 0.492 e. The quantitative estimate of drug-likeness (QED) is 0.528. The van der Waals surface area contributed by atoms with E-state index in [0.717, 1.165) is 0 Å². The van der Waals surface area contributed by atoms with E-state index in [4.69, 9.17) is 10.5 Å². The van der Waals surface area contributed by atoms with E-state index >= 15 is 0 Å². The van der Waals surface area contributed by atoms with Crippen LogP contribution in [0, 0.1) is 11.7 Å². The van der Waals surface area contributed by atoms with Crippen molar-refractivity contribution in [3.8, 4) is 5.75 Å². The van der Waals surface area contributed by atoms with E-state index < -0.39 is 25.9 Å². The van der Waals surface area contributed by atoms with Crippen LogP contribution in [0.15, 0.2) is 41.8 Å². The summed E-state index contributed by atoms with van der Waals surface area (Å²) >= 11 is 0. The third kappa shape index (κ3) is 4.29. The second-order valence-electron chi connectivity index (χ2n) is 9.88. The van der Waals surface area contributed by atoms with Gasteiger partial charge in [-0.05, 0) is 57.7 Å². The average Bonchev–Trinajstić information content (AvgIpc) is 3.62. The Labute approximate surface area is 203 Å². The van der Waals surface area contributed by atoms with Crippen LogP contribution in [0.25, 0.3) is 11.0 Å². The van der Waals surface area contributed by atoms with Crippen LogP contribution in [-0.4, -0.2) is 46.3 Å². The van der Waals surface area contributed by atoms with Gasteiger partial charge in [-0.25, -0.2) is 27.8 Å². The molecule has 9 nitrogen and oxygen atoms in total. The molecule has 11 heteroatoms. The fourth-order valence-electron chi connectivity index (χ4n) is 4.03. The molecule has 0 amide bonds. The molecule has 35 heavy (non-hydrogen) atoms. The maximum absolute atomic E-state index is 15.0. The van der Waals surface area contributed by atoms with Crippen LogP contribution in [0.1, 0.15) is 39.2 Å². The number of nitrogens with zero attached hydrogens (tertiary/aromatic N) is 4. The number of pyridine rings is 1. The smallest absolute Gasteiger partial charge is 0.165 e. The number of aromatic nitrogens is 3. The lowest BCUT2D eigenvalue weighted by Crippen LogP contribution is -2.54. The molecular weight excluding hydrogens is 471 g/mol. The summed E-state index contributed by atoms with van der Waals surface area (Å²) in [6.45, 7) is 5.25. The van der Waals surface area contributed by atoms with Gasteiger partial charge in [0.1, 0.15) is 39.5 Å². The number of rotatable bonds is 6. The van der Waals surface area contributed by atoms with Crippen LogP contribution in [0.5, 0.6) is 5.75 Å². The van der Waals surface area contributed by atoms with Crippen molar-refractivity contribution >= 4 is 38.2 Å². The number of benzene rings is 1. The summed E-state index contributed by atoms with van der Waals surface area (Å²) in [7, 11) is -3.68. The van der Waals surface area contributed by atoms with Gasteiger partial charge in [-0.15, -0.1) is 0 Å². The van der Waals surface area contributed by atoms with Gasteiger partial charge in [0, 0.05) is 17.3 Å². The summed E-state index contributed by atoms with van der Waals surface area (Å²) < 4.78 is 45.3. The number of aliphatic imine (C=N–C) groups is 1. The molecule has 1 unspecified atom stereocenters. The normalized spacial score (nSPS) is 23.0. The highest BCUT2D eigenvalue weighted by Gasteiger charge is 2.49. The molecule has 184 valence electrons. The van der Waals surface area contributed by atoms with E-state index in [1.54, 1.807) is 19.2 Å². The molecule has 1 aromatic carbocycles. The van der Waals surface area contributed by atoms with Gasteiger partial charge in [-0.2, -0.15) is 0 Å². The summed E-state index contributed by atoms with van der Waals surface area (Å²) in [6.07, 6.45) is 5.42. The topological polar surface area (TPSA) is 132 Å². The number of hydrogen-bond donors (Lipinski definition) is 2. The lowest BCUT2D eigenvalue weighted by molar-refractivity contribution is 0.299. The maximum Gasteiger partial charge on any atom is 0.165 e. The van der Waals surface area contributed by atoms with Crippen molar-refractivity contribution in [2.24, 2.45) is 16.6 Å². The average molecular weight is 499 g/mol. The van der Waals surface area contributed by atoms with Crippen molar-refractivity contribution in [2.45, 2.75) is 43.9 Å². The van der Waals surface area contributed by atoms with Crippen LogP contribution in [0.3, 0.4) is 0 Å². The second kappa shape index (κ2) is 8.11. The van der Waals surface area contributed by atoms with E-state index in [1.807, 2.05) is 0 Å². The summed E-state index contributed by atoms with van der Waals surface area (Å²) in [5.41, 5.74) is 6.38.